The fourth-order valence-corrected chi connectivity index (χ4v) is 2.37. The lowest BCUT2D eigenvalue weighted by atomic mass is 10.1. The maximum absolute atomic E-state index is 12.1. The summed E-state index contributed by atoms with van der Waals surface area (Å²) in [5, 5.41) is 10.9. The first-order valence-electron chi connectivity index (χ1n) is 7.03. The Kier molecular flexibility index (Phi) is 4.73. The van der Waals surface area contributed by atoms with Crippen molar-refractivity contribution in [3.05, 3.63) is 28.3 Å². The van der Waals surface area contributed by atoms with E-state index in [-0.39, 0.29) is 16.9 Å². The Labute approximate surface area is 123 Å². The van der Waals surface area contributed by atoms with Gasteiger partial charge in [-0.05, 0) is 18.6 Å². The highest BCUT2D eigenvalue weighted by molar-refractivity contribution is 5.91. The summed E-state index contributed by atoms with van der Waals surface area (Å²) < 4.78 is 15.5. The van der Waals surface area contributed by atoms with Crippen molar-refractivity contribution >= 4 is 10.8 Å². The van der Waals surface area contributed by atoms with Gasteiger partial charge in [0.2, 0.25) is 5.75 Å². The van der Waals surface area contributed by atoms with Gasteiger partial charge in [0.05, 0.1) is 14.2 Å². The summed E-state index contributed by atoms with van der Waals surface area (Å²) >= 11 is 0. The Bertz CT molecular complexity index is 687. The lowest BCUT2D eigenvalue weighted by Gasteiger charge is -2.11. The summed E-state index contributed by atoms with van der Waals surface area (Å²) in [6.07, 6.45) is 3.85. The Morgan fingerprint density at radius 2 is 1.95 bits per heavy atom. The van der Waals surface area contributed by atoms with Crippen LogP contribution >= 0.6 is 0 Å². The number of aromatic hydroxyl groups is 1. The lowest BCUT2D eigenvalue weighted by Crippen LogP contribution is -2.04. The van der Waals surface area contributed by atoms with Crippen molar-refractivity contribution in [2.75, 3.05) is 14.2 Å². The largest absolute Gasteiger partial charge is 0.504 e. The predicted octanol–water partition coefficient (Wildman–Crippen LogP) is 3.25. The number of hydrogen-bond acceptors (Lipinski definition) is 5. The molecule has 0 fully saturated rings. The van der Waals surface area contributed by atoms with Crippen LogP contribution in [-0.4, -0.2) is 19.3 Å². The van der Waals surface area contributed by atoms with E-state index < -0.39 is 5.63 Å². The minimum absolute atomic E-state index is 0.117. The second kappa shape index (κ2) is 6.52. The third-order valence-electron chi connectivity index (χ3n) is 3.45. The molecule has 0 unspecified atom stereocenters. The monoisotopic (exact) mass is 292 g/mol. The van der Waals surface area contributed by atoms with Gasteiger partial charge >= 0.3 is 5.63 Å². The third kappa shape index (κ3) is 2.96. The van der Waals surface area contributed by atoms with Crippen LogP contribution in [0.2, 0.25) is 0 Å². The molecule has 21 heavy (non-hydrogen) atoms. The van der Waals surface area contributed by atoms with Crippen molar-refractivity contribution in [3.63, 3.8) is 0 Å². The van der Waals surface area contributed by atoms with Crippen LogP contribution in [0.15, 0.2) is 21.3 Å². The number of rotatable bonds is 6. The molecule has 5 heteroatoms. The Morgan fingerprint density at radius 3 is 2.57 bits per heavy atom. The molecule has 0 bridgehead atoms. The highest BCUT2D eigenvalue weighted by Gasteiger charge is 2.18. The minimum Gasteiger partial charge on any atom is -0.504 e. The molecular formula is C16H20O5. The van der Waals surface area contributed by atoms with E-state index >= 15 is 0 Å². The van der Waals surface area contributed by atoms with Crippen LogP contribution in [0.25, 0.3) is 10.8 Å². The van der Waals surface area contributed by atoms with E-state index in [0.717, 1.165) is 19.3 Å². The third-order valence-corrected chi connectivity index (χ3v) is 3.45. The number of hydrogen-bond donors (Lipinski definition) is 1. The normalized spacial score (nSPS) is 10.8. The summed E-state index contributed by atoms with van der Waals surface area (Å²) in [5.74, 6) is 0.886. The molecule has 1 heterocycles. The van der Waals surface area contributed by atoms with Crippen molar-refractivity contribution in [1.29, 1.82) is 0 Å². The molecule has 0 radical (unpaired) electrons. The van der Waals surface area contributed by atoms with Crippen LogP contribution < -0.4 is 15.1 Å². The highest BCUT2D eigenvalue weighted by atomic mass is 16.5. The fourth-order valence-electron chi connectivity index (χ4n) is 2.37. The number of fused-ring (bicyclic) bond motifs is 1. The topological polar surface area (TPSA) is 68.9 Å². The van der Waals surface area contributed by atoms with Gasteiger partial charge in [0.1, 0.15) is 11.1 Å². The zero-order valence-electron chi connectivity index (χ0n) is 12.6. The molecule has 2 rings (SSSR count). The van der Waals surface area contributed by atoms with Crippen LogP contribution in [0.1, 0.15) is 31.9 Å². The number of methoxy groups -OCH3 is 2. The van der Waals surface area contributed by atoms with Crippen LogP contribution in [0.5, 0.6) is 17.2 Å². The lowest BCUT2D eigenvalue weighted by molar-refractivity contribution is 0.334. The summed E-state index contributed by atoms with van der Waals surface area (Å²) in [5.41, 5.74) is -0.558. The Hall–Kier alpha value is -2.17. The number of ether oxygens (including phenoxy) is 2. The van der Waals surface area contributed by atoms with E-state index in [1.807, 2.05) is 0 Å². The smallest absolute Gasteiger partial charge is 0.347 e. The van der Waals surface area contributed by atoms with Crippen LogP contribution in [0.4, 0.5) is 0 Å². The van der Waals surface area contributed by atoms with E-state index in [4.69, 9.17) is 13.9 Å². The SMILES string of the molecule is CCCCCc1cc2cc(OC)c(OC)c(O)c2c(=O)o1. The van der Waals surface area contributed by atoms with E-state index in [1.54, 1.807) is 12.1 Å². The standard InChI is InChI=1S/C16H20O5/c1-4-5-6-7-11-8-10-9-12(19-2)15(20-3)14(17)13(10)16(18)21-11/h8-9,17H,4-7H2,1-3H3. The molecule has 0 aliphatic carbocycles. The molecule has 2 aromatic rings. The molecule has 5 nitrogen and oxygen atoms in total. The van der Waals surface area contributed by atoms with Crippen LogP contribution in [-0.2, 0) is 6.42 Å². The van der Waals surface area contributed by atoms with Gasteiger partial charge in [0.15, 0.2) is 11.5 Å². The number of aryl methyl sites for hydroxylation is 1. The Balaban J connectivity index is 2.56. The maximum atomic E-state index is 12.1. The number of benzene rings is 1. The molecule has 0 spiro atoms. The van der Waals surface area contributed by atoms with Gasteiger partial charge in [-0.2, -0.15) is 0 Å². The average molecular weight is 292 g/mol. The van der Waals surface area contributed by atoms with Crippen molar-refractivity contribution in [2.45, 2.75) is 32.6 Å². The zero-order chi connectivity index (χ0) is 15.4. The number of phenolic OH excluding ortho intramolecular Hbond substituents is 1. The van der Waals surface area contributed by atoms with E-state index in [2.05, 4.69) is 6.92 Å². The van der Waals surface area contributed by atoms with Crippen molar-refractivity contribution < 1.29 is 19.0 Å². The van der Waals surface area contributed by atoms with Crippen LogP contribution in [0.3, 0.4) is 0 Å². The second-order valence-corrected chi connectivity index (χ2v) is 4.88. The molecule has 1 aromatic carbocycles. The summed E-state index contributed by atoms with van der Waals surface area (Å²) in [4.78, 5) is 12.1. The van der Waals surface area contributed by atoms with Crippen molar-refractivity contribution in [1.82, 2.24) is 0 Å². The van der Waals surface area contributed by atoms with Gasteiger partial charge in [-0.3, -0.25) is 0 Å². The summed E-state index contributed by atoms with van der Waals surface area (Å²) in [7, 11) is 2.89. The van der Waals surface area contributed by atoms with Crippen molar-refractivity contribution in [3.8, 4) is 17.2 Å². The average Bonchev–Trinajstić information content (AvgIpc) is 2.46. The van der Waals surface area contributed by atoms with Gasteiger partial charge in [-0.15, -0.1) is 0 Å². The van der Waals surface area contributed by atoms with Gasteiger partial charge in [-0.25, -0.2) is 4.79 Å². The molecule has 0 atom stereocenters. The molecule has 0 saturated heterocycles. The van der Waals surface area contributed by atoms with Gasteiger partial charge in [0, 0.05) is 11.8 Å². The zero-order valence-corrected chi connectivity index (χ0v) is 12.6. The molecule has 114 valence electrons. The first kappa shape index (κ1) is 15.2. The van der Waals surface area contributed by atoms with E-state index in [0.29, 0.717) is 23.3 Å². The molecule has 0 aliphatic heterocycles. The minimum atomic E-state index is -0.558. The molecule has 0 aliphatic rings. The first-order chi connectivity index (χ1) is 10.1. The molecular weight excluding hydrogens is 272 g/mol. The Morgan fingerprint density at radius 1 is 1.19 bits per heavy atom. The molecule has 0 saturated carbocycles. The fraction of sp³-hybridized carbons (Fsp3) is 0.438. The maximum Gasteiger partial charge on any atom is 0.347 e. The van der Waals surface area contributed by atoms with E-state index in [9.17, 15) is 9.90 Å². The van der Waals surface area contributed by atoms with E-state index in [1.165, 1.54) is 14.2 Å². The van der Waals surface area contributed by atoms with Crippen molar-refractivity contribution in [2.24, 2.45) is 0 Å². The number of unbranched alkanes of at least 4 members (excludes halogenated alkanes) is 2. The number of phenols is 1. The molecule has 0 amide bonds. The first-order valence-corrected chi connectivity index (χ1v) is 7.03. The predicted molar refractivity (Wildman–Crippen MR) is 80.5 cm³/mol. The quantitative estimate of drug-likeness (QED) is 0.828. The molecule has 1 aromatic heterocycles. The second-order valence-electron chi connectivity index (χ2n) is 4.88. The van der Waals surface area contributed by atoms with Gasteiger partial charge in [0.25, 0.3) is 0 Å². The van der Waals surface area contributed by atoms with Gasteiger partial charge in [-0.1, -0.05) is 19.8 Å². The molecule has 1 N–H and O–H groups in total. The summed E-state index contributed by atoms with van der Waals surface area (Å²) in [6, 6.07) is 3.45. The van der Waals surface area contributed by atoms with Gasteiger partial charge < -0.3 is 19.0 Å². The van der Waals surface area contributed by atoms with Crippen LogP contribution in [0, 0.1) is 0 Å². The summed E-state index contributed by atoms with van der Waals surface area (Å²) in [6.45, 7) is 2.12. The highest BCUT2D eigenvalue weighted by Crippen LogP contribution is 2.41.